The molecule has 4 rings (SSSR count). The van der Waals surface area contributed by atoms with Crippen LogP contribution in [0.15, 0.2) is 42.5 Å². The zero-order valence-corrected chi connectivity index (χ0v) is 16.9. The fraction of sp³-hybridized carbons (Fsp3) is 0.286. The predicted molar refractivity (Wildman–Crippen MR) is 104 cm³/mol. The third-order valence-electron chi connectivity index (χ3n) is 4.89. The number of ether oxygens (including phenoxy) is 2. The Morgan fingerprint density at radius 2 is 1.84 bits per heavy atom. The Kier molecular flexibility index (Phi) is 5.72. The lowest BCUT2D eigenvalue weighted by molar-refractivity contribution is -0.143. The van der Waals surface area contributed by atoms with Crippen molar-refractivity contribution in [2.45, 2.75) is 19.6 Å². The Hall–Kier alpha value is -3.63. The van der Waals surface area contributed by atoms with E-state index >= 15 is 0 Å². The lowest BCUT2D eigenvalue weighted by atomic mass is 10.1. The maximum atomic E-state index is 13.9. The highest BCUT2D eigenvalue weighted by molar-refractivity contribution is 5.93. The summed E-state index contributed by atoms with van der Waals surface area (Å²) in [5, 5.41) is 7.06. The zero-order chi connectivity index (χ0) is 22.9. The molecule has 0 spiro atoms. The molecule has 1 aliphatic rings. The van der Waals surface area contributed by atoms with E-state index in [1.807, 2.05) is 0 Å². The standard InChI is InChI=1S/C21H18F4N4O3/c1-2-28(12-13-4-3-5-16-18(13)32-11-10-31-16)20(30)17-19(21(23,24)25)29(27-26-17)15-8-6-14(22)7-9-15/h3-9H,2,10-12H2,1H3. The average Bonchev–Trinajstić information content (AvgIpc) is 3.23. The highest BCUT2D eigenvalue weighted by Crippen LogP contribution is 2.36. The highest BCUT2D eigenvalue weighted by atomic mass is 19.4. The number of aromatic nitrogens is 3. The van der Waals surface area contributed by atoms with Crippen LogP contribution in [0, 0.1) is 5.82 Å². The van der Waals surface area contributed by atoms with Crippen LogP contribution in [-0.4, -0.2) is 45.6 Å². The monoisotopic (exact) mass is 450 g/mol. The summed E-state index contributed by atoms with van der Waals surface area (Å²) in [7, 11) is 0. The van der Waals surface area contributed by atoms with Gasteiger partial charge in [0.05, 0.1) is 5.69 Å². The van der Waals surface area contributed by atoms with Gasteiger partial charge in [-0.1, -0.05) is 17.3 Å². The van der Waals surface area contributed by atoms with Crippen LogP contribution < -0.4 is 9.47 Å². The molecule has 0 fully saturated rings. The van der Waals surface area contributed by atoms with Gasteiger partial charge in [0.25, 0.3) is 5.91 Å². The van der Waals surface area contributed by atoms with E-state index in [1.165, 1.54) is 4.90 Å². The molecule has 2 heterocycles. The van der Waals surface area contributed by atoms with Crippen molar-refractivity contribution in [1.29, 1.82) is 0 Å². The molecule has 7 nitrogen and oxygen atoms in total. The Balaban J connectivity index is 1.70. The van der Waals surface area contributed by atoms with Crippen molar-refractivity contribution in [1.82, 2.24) is 19.9 Å². The first-order valence-electron chi connectivity index (χ1n) is 9.75. The van der Waals surface area contributed by atoms with Gasteiger partial charge in [0.15, 0.2) is 22.9 Å². The Labute approximate surface area is 180 Å². The van der Waals surface area contributed by atoms with Gasteiger partial charge in [-0.15, -0.1) is 5.10 Å². The minimum atomic E-state index is -4.93. The molecule has 0 radical (unpaired) electrons. The van der Waals surface area contributed by atoms with Crippen molar-refractivity contribution in [3.8, 4) is 17.2 Å². The summed E-state index contributed by atoms with van der Waals surface area (Å²) < 4.78 is 66.6. The molecule has 1 aliphatic heterocycles. The van der Waals surface area contributed by atoms with Gasteiger partial charge < -0.3 is 14.4 Å². The quantitative estimate of drug-likeness (QED) is 0.553. The van der Waals surface area contributed by atoms with E-state index < -0.39 is 29.3 Å². The second kappa shape index (κ2) is 8.48. The summed E-state index contributed by atoms with van der Waals surface area (Å²) in [5.41, 5.74) is -1.65. The third kappa shape index (κ3) is 4.10. The maximum absolute atomic E-state index is 13.9. The van der Waals surface area contributed by atoms with Gasteiger partial charge in [0, 0.05) is 18.7 Å². The number of nitrogens with zero attached hydrogens (tertiary/aromatic N) is 4. The van der Waals surface area contributed by atoms with Crippen molar-refractivity contribution >= 4 is 5.91 Å². The predicted octanol–water partition coefficient (Wildman–Crippen LogP) is 3.86. The topological polar surface area (TPSA) is 69.5 Å². The molecule has 0 bridgehead atoms. The SMILES string of the molecule is CCN(Cc1cccc2c1OCCO2)C(=O)c1nnn(-c2ccc(F)cc2)c1C(F)(F)F. The summed E-state index contributed by atoms with van der Waals surface area (Å²) in [6, 6.07) is 9.38. The summed E-state index contributed by atoms with van der Waals surface area (Å²) in [6.07, 6.45) is -4.93. The van der Waals surface area contributed by atoms with Crippen molar-refractivity contribution < 1.29 is 31.8 Å². The molecule has 0 saturated heterocycles. The molecule has 2 aromatic carbocycles. The van der Waals surface area contributed by atoms with E-state index in [9.17, 15) is 22.4 Å². The van der Waals surface area contributed by atoms with Crippen LogP contribution in [0.1, 0.15) is 28.7 Å². The molecule has 0 unspecified atom stereocenters. The van der Waals surface area contributed by atoms with Gasteiger partial charge in [-0.3, -0.25) is 4.79 Å². The van der Waals surface area contributed by atoms with Crippen molar-refractivity contribution in [3.05, 3.63) is 65.2 Å². The number of rotatable bonds is 5. The van der Waals surface area contributed by atoms with Crippen LogP contribution in [0.3, 0.4) is 0 Å². The Morgan fingerprint density at radius 3 is 2.53 bits per heavy atom. The number of benzene rings is 2. The number of halogens is 4. The number of hydrogen-bond acceptors (Lipinski definition) is 5. The number of hydrogen-bond donors (Lipinski definition) is 0. The van der Waals surface area contributed by atoms with Crippen LogP contribution in [-0.2, 0) is 12.7 Å². The zero-order valence-electron chi connectivity index (χ0n) is 16.9. The minimum Gasteiger partial charge on any atom is -0.486 e. The largest absolute Gasteiger partial charge is 0.486 e. The summed E-state index contributed by atoms with van der Waals surface area (Å²) >= 11 is 0. The van der Waals surface area contributed by atoms with Crippen LogP contribution in [0.2, 0.25) is 0 Å². The Morgan fingerprint density at radius 1 is 1.12 bits per heavy atom. The van der Waals surface area contributed by atoms with Crippen LogP contribution in [0.25, 0.3) is 5.69 Å². The van der Waals surface area contributed by atoms with E-state index in [-0.39, 0.29) is 18.8 Å². The van der Waals surface area contributed by atoms with E-state index in [4.69, 9.17) is 9.47 Å². The first-order valence-corrected chi connectivity index (χ1v) is 9.75. The molecule has 3 aromatic rings. The Bertz CT molecular complexity index is 1130. The molecule has 1 aromatic heterocycles. The maximum Gasteiger partial charge on any atom is 0.435 e. The highest BCUT2D eigenvalue weighted by Gasteiger charge is 2.43. The normalized spacial score (nSPS) is 13.2. The third-order valence-corrected chi connectivity index (χ3v) is 4.89. The number of alkyl halides is 3. The molecule has 168 valence electrons. The summed E-state index contributed by atoms with van der Waals surface area (Å²) in [6.45, 7) is 2.46. The van der Waals surface area contributed by atoms with Gasteiger partial charge in [-0.05, 0) is 37.3 Å². The first-order chi connectivity index (χ1) is 15.3. The molecule has 1 amide bonds. The van der Waals surface area contributed by atoms with Crippen LogP contribution >= 0.6 is 0 Å². The van der Waals surface area contributed by atoms with Crippen molar-refractivity contribution in [2.75, 3.05) is 19.8 Å². The summed E-state index contributed by atoms with van der Waals surface area (Å²) in [4.78, 5) is 14.3. The second-order valence-electron chi connectivity index (χ2n) is 6.93. The van der Waals surface area contributed by atoms with Crippen molar-refractivity contribution in [2.24, 2.45) is 0 Å². The van der Waals surface area contributed by atoms with Crippen LogP contribution in [0.4, 0.5) is 17.6 Å². The smallest absolute Gasteiger partial charge is 0.435 e. The molecular formula is C21H18F4N4O3. The number of carbonyl (C=O) groups excluding carboxylic acids is 1. The fourth-order valence-electron chi connectivity index (χ4n) is 3.38. The lowest BCUT2D eigenvalue weighted by Gasteiger charge is -2.25. The number of carbonyl (C=O) groups is 1. The number of amides is 1. The summed E-state index contributed by atoms with van der Waals surface area (Å²) in [5.74, 6) is -0.595. The van der Waals surface area contributed by atoms with Crippen LogP contribution in [0.5, 0.6) is 11.5 Å². The second-order valence-corrected chi connectivity index (χ2v) is 6.93. The van der Waals surface area contributed by atoms with E-state index in [2.05, 4.69) is 10.3 Å². The van der Waals surface area contributed by atoms with E-state index in [0.717, 1.165) is 24.3 Å². The molecule has 32 heavy (non-hydrogen) atoms. The van der Waals surface area contributed by atoms with E-state index in [0.29, 0.717) is 35.0 Å². The van der Waals surface area contributed by atoms with Gasteiger partial charge in [-0.25, -0.2) is 9.07 Å². The van der Waals surface area contributed by atoms with E-state index in [1.54, 1.807) is 25.1 Å². The molecule has 0 atom stereocenters. The van der Waals surface area contributed by atoms with Gasteiger partial charge >= 0.3 is 6.18 Å². The minimum absolute atomic E-state index is 0.0113. The molecule has 0 aliphatic carbocycles. The number of fused-ring (bicyclic) bond motifs is 1. The average molecular weight is 450 g/mol. The van der Waals surface area contributed by atoms with Gasteiger partial charge in [0.2, 0.25) is 0 Å². The lowest BCUT2D eigenvalue weighted by Crippen LogP contribution is -2.33. The van der Waals surface area contributed by atoms with Gasteiger partial charge in [-0.2, -0.15) is 13.2 Å². The molecule has 0 N–H and O–H groups in total. The molecule has 0 saturated carbocycles. The fourth-order valence-corrected chi connectivity index (χ4v) is 3.38. The molecule has 11 heteroatoms. The number of para-hydroxylation sites is 1. The van der Waals surface area contributed by atoms with Crippen molar-refractivity contribution in [3.63, 3.8) is 0 Å². The molecular weight excluding hydrogens is 432 g/mol. The first kappa shape index (κ1) is 21.6. The van der Waals surface area contributed by atoms with Gasteiger partial charge in [0.1, 0.15) is 19.0 Å².